The van der Waals surface area contributed by atoms with Crippen LogP contribution in [0.2, 0.25) is 0 Å². The Hall–Kier alpha value is -2.09. The molecule has 0 saturated heterocycles. The number of hydrogen-bond acceptors (Lipinski definition) is 1. The highest BCUT2D eigenvalue weighted by Gasteiger charge is 2.31. The molecule has 1 nitrogen and oxygen atoms in total. The average molecular weight is 462 g/mol. The van der Waals surface area contributed by atoms with Crippen molar-refractivity contribution >= 4 is 0 Å². The predicted molar refractivity (Wildman–Crippen MR) is 124 cm³/mol. The molecule has 2 fully saturated rings. The van der Waals surface area contributed by atoms with Gasteiger partial charge in [0.1, 0.15) is 6.07 Å². The molecule has 3 rings (SSSR count). The molecule has 0 unspecified atom stereocenters. The third kappa shape index (κ3) is 8.32. The van der Waals surface area contributed by atoms with E-state index in [9.17, 15) is 17.6 Å². The molecule has 0 spiro atoms. The van der Waals surface area contributed by atoms with E-state index in [0.717, 1.165) is 55.4 Å². The second-order valence-corrected chi connectivity index (χ2v) is 9.91. The van der Waals surface area contributed by atoms with Crippen molar-refractivity contribution in [2.75, 3.05) is 0 Å². The first-order valence-electron chi connectivity index (χ1n) is 12.5. The van der Waals surface area contributed by atoms with Crippen LogP contribution in [0.5, 0.6) is 0 Å². The van der Waals surface area contributed by atoms with Crippen LogP contribution in [0.15, 0.2) is 48.3 Å². The minimum absolute atomic E-state index is 0.505. The SMILES string of the molecule is N#CC(F)=CC=C[C@H]1CC[C@H]([C@H]2CC[C@H](CCCCc3ccc(C(F)(F)F)cc3)CC2)CC1. The number of nitrogens with zero attached hydrogens (tertiary/aromatic N) is 1. The van der Waals surface area contributed by atoms with E-state index in [4.69, 9.17) is 5.26 Å². The molecule has 0 radical (unpaired) electrons. The maximum Gasteiger partial charge on any atom is 0.416 e. The summed E-state index contributed by atoms with van der Waals surface area (Å²) < 4.78 is 50.8. The van der Waals surface area contributed by atoms with Gasteiger partial charge in [-0.25, -0.2) is 0 Å². The van der Waals surface area contributed by atoms with Crippen molar-refractivity contribution in [3.8, 4) is 6.07 Å². The van der Waals surface area contributed by atoms with Crippen LogP contribution in [0, 0.1) is 35.0 Å². The minimum atomic E-state index is -4.26. The summed E-state index contributed by atoms with van der Waals surface area (Å²) in [5, 5.41) is 8.45. The van der Waals surface area contributed by atoms with Gasteiger partial charge in [0.25, 0.3) is 0 Å². The average Bonchev–Trinajstić information content (AvgIpc) is 2.82. The highest BCUT2D eigenvalue weighted by atomic mass is 19.4. The van der Waals surface area contributed by atoms with Crippen LogP contribution in [-0.2, 0) is 12.6 Å². The lowest BCUT2D eigenvalue weighted by Crippen LogP contribution is -2.25. The summed E-state index contributed by atoms with van der Waals surface area (Å²) in [6.07, 6.45) is 15.1. The first-order chi connectivity index (χ1) is 15.8. The molecule has 5 heteroatoms. The molecule has 0 heterocycles. The lowest BCUT2D eigenvalue weighted by atomic mass is 9.68. The van der Waals surface area contributed by atoms with Gasteiger partial charge in [-0.1, -0.05) is 50.0 Å². The van der Waals surface area contributed by atoms with Crippen molar-refractivity contribution in [3.05, 3.63) is 59.4 Å². The van der Waals surface area contributed by atoms with Crippen LogP contribution in [0.3, 0.4) is 0 Å². The fourth-order valence-electron chi connectivity index (χ4n) is 5.71. The first kappa shape index (κ1) is 25.5. The third-order valence-corrected chi connectivity index (χ3v) is 7.72. The van der Waals surface area contributed by atoms with Gasteiger partial charge in [0, 0.05) is 0 Å². The molecule has 33 heavy (non-hydrogen) atoms. The number of nitriles is 1. The Morgan fingerprint density at radius 3 is 2.09 bits per heavy atom. The van der Waals surface area contributed by atoms with E-state index < -0.39 is 17.6 Å². The van der Waals surface area contributed by atoms with Crippen molar-refractivity contribution in [2.24, 2.45) is 23.7 Å². The summed E-state index contributed by atoms with van der Waals surface area (Å²) in [4.78, 5) is 0. The minimum Gasteiger partial charge on any atom is -0.195 e. The van der Waals surface area contributed by atoms with E-state index >= 15 is 0 Å². The molecule has 2 aliphatic rings. The summed E-state index contributed by atoms with van der Waals surface area (Å²) in [6.45, 7) is 0. The van der Waals surface area contributed by atoms with Crippen molar-refractivity contribution in [3.63, 3.8) is 0 Å². The van der Waals surface area contributed by atoms with Gasteiger partial charge in [0.05, 0.1) is 5.56 Å². The highest BCUT2D eigenvalue weighted by Crippen LogP contribution is 2.42. The molecule has 2 aliphatic carbocycles. The van der Waals surface area contributed by atoms with Gasteiger partial charge in [-0.2, -0.15) is 22.8 Å². The summed E-state index contributed by atoms with van der Waals surface area (Å²) in [5.41, 5.74) is 0.416. The summed E-state index contributed by atoms with van der Waals surface area (Å²) in [5.74, 6) is 2.23. The lowest BCUT2D eigenvalue weighted by molar-refractivity contribution is -0.137. The zero-order valence-electron chi connectivity index (χ0n) is 19.3. The lowest BCUT2D eigenvalue weighted by Gasteiger charge is -2.37. The predicted octanol–water partition coefficient (Wildman–Crippen LogP) is 8.96. The van der Waals surface area contributed by atoms with Gasteiger partial charge in [0.15, 0.2) is 5.83 Å². The van der Waals surface area contributed by atoms with Crippen molar-refractivity contribution in [2.45, 2.75) is 83.2 Å². The van der Waals surface area contributed by atoms with Gasteiger partial charge in [-0.3, -0.25) is 0 Å². The summed E-state index contributed by atoms with van der Waals surface area (Å²) >= 11 is 0. The molecule has 180 valence electrons. The maximum atomic E-state index is 12.9. The second-order valence-electron chi connectivity index (χ2n) is 9.91. The Morgan fingerprint density at radius 2 is 1.52 bits per heavy atom. The Morgan fingerprint density at radius 1 is 0.909 bits per heavy atom. The van der Waals surface area contributed by atoms with Crippen LogP contribution in [0.25, 0.3) is 0 Å². The molecule has 1 aromatic rings. The Labute approximate surface area is 195 Å². The number of aryl methyl sites for hydroxylation is 1. The monoisotopic (exact) mass is 461 g/mol. The number of allylic oxidation sites excluding steroid dienone is 4. The fourth-order valence-corrected chi connectivity index (χ4v) is 5.71. The molecule has 0 aromatic heterocycles. The van der Waals surface area contributed by atoms with Gasteiger partial charge in [-0.05, 0) is 98.8 Å². The van der Waals surface area contributed by atoms with Gasteiger partial charge >= 0.3 is 6.18 Å². The number of rotatable bonds is 8. The quantitative estimate of drug-likeness (QED) is 0.164. The molecule has 1 aromatic carbocycles. The fraction of sp³-hybridized carbons (Fsp3) is 0.607. The second kappa shape index (κ2) is 12.4. The maximum absolute atomic E-state index is 12.9. The van der Waals surface area contributed by atoms with Crippen molar-refractivity contribution in [1.29, 1.82) is 5.26 Å². The van der Waals surface area contributed by atoms with Gasteiger partial charge in [-0.15, -0.1) is 0 Å². The zero-order valence-corrected chi connectivity index (χ0v) is 19.3. The Kier molecular flexibility index (Phi) is 9.59. The standard InChI is InChI=1S/C28H35F4N/c29-27(20-33)7-3-6-23-10-16-25(17-11-23)24-14-8-21(9-15-24)4-1-2-5-22-12-18-26(19-13-22)28(30,31)32/h3,6-7,12-13,18-19,21,23-25H,1-2,4-5,8-11,14-17H2/t21-,23-,24-,25-. The van der Waals surface area contributed by atoms with Crippen LogP contribution in [0.4, 0.5) is 17.6 Å². The smallest absolute Gasteiger partial charge is 0.195 e. The summed E-state index contributed by atoms with van der Waals surface area (Å²) in [6, 6.07) is 7.09. The number of benzene rings is 1. The summed E-state index contributed by atoms with van der Waals surface area (Å²) in [7, 11) is 0. The molecular weight excluding hydrogens is 426 g/mol. The highest BCUT2D eigenvalue weighted by molar-refractivity contribution is 5.24. The zero-order chi connectivity index (χ0) is 23.7. The van der Waals surface area contributed by atoms with Crippen molar-refractivity contribution in [1.82, 2.24) is 0 Å². The van der Waals surface area contributed by atoms with E-state index in [1.54, 1.807) is 18.2 Å². The van der Waals surface area contributed by atoms with Gasteiger partial charge in [0.2, 0.25) is 0 Å². The van der Waals surface area contributed by atoms with E-state index in [-0.39, 0.29) is 0 Å². The largest absolute Gasteiger partial charge is 0.416 e. The van der Waals surface area contributed by atoms with Gasteiger partial charge < -0.3 is 0 Å². The molecule has 0 amide bonds. The third-order valence-electron chi connectivity index (χ3n) is 7.72. The first-order valence-corrected chi connectivity index (χ1v) is 12.5. The van der Waals surface area contributed by atoms with E-state index in [1.807, 2.05) is 0 Å². The topological polar surface area (TPSA) is 23.8 Å². The van der Waals surface area contributed by atoms with Crippen LogP contribution < -0.4 is 0 Å². The normalized spacial score (nSPS) is 26.9. The Bertz CT molecular complexity index is 815. The molecule has 0 N–H and O–H groups in total. The van der Waals surface area contributed by atoms with Crippen LogP contribution in [-0.4, -0.2) is 0 Å². The molecule has 2 saturated carbocycles. The van der Waals surface area contributed by atoms with E-state index in [0.29, 0.717) is 5.92 Å². The van der Waals surface area contributed by atoms with Crippen molar-refractivity contribution < 1.29 is 17.6 Å². The van der Waals surface area contributed by atoms with E-state index in [2.05, 4.69) is 6.08 Å². The van der Waals surface area contributed by atoms with Crippen LogP contribution in [0.1, 0.15) is 81.8 Å². The molecular formula is C28H35F4N. The number of halogens is 4. The molecule has 0 bridgehead atoms. The number of unbranched alkanes of at least 4 members (excludes halogenated alkanes) is 1. The van der Waals surface area contributed by atoms with E-state index in [1.165, 1.54) is 69.2 Å². The number of alkyl halides is 3. The molecule has 0 atom stereocenters. The Balaban J connectivity index is 1.29. The number of hydrogen-bond donors (Lipinski definition) is 0. The van der Waals surface area contributed by atoms with Crippen LogP contribution >= 0.6 is 0 Å². The molecule has 0 aliphatic heterocycles.